The van der Waals surface area contributed by atoms with Crippen molar-refractivity contribution < 1.29 is 14.1 Å². The van der Waals surface area contributed by atoms with E-state index in [0.717, 1.165) is 5.56 Å². The van der Waals surface area contributed by atoms with Crippen LogP contribution in [0.15, 0.2) is 83.5 Å². The molecule has 0 saturated heterocycles. The summed E-state index contributed by atoms with van der Waals surface area (Å²) in [5, 5.41) is 15.7. The Kier molecular flexibility index (Phi) is 6.84. The van der Waals surface area contributed by atoms with Crippen LogP contribution < -0.4 is 0 Å². The van der Waals surface area contributed by atoms with Gasteiger partial charge in [-0.2, -0.15) is 5.10 Å². The molecule has 2 aromatic heterocycles. The van der Waals surface area contributed by atoms with Crippen LogP contribution in [0.25, 0.3) is 17.1 Å². The number of likely N-dealkylation sites (N-methyl/N-ethyl adjacent to an activating group) is 1. The summed E-state index contributed by atoms with van der Waals surface area (Å²) in [7, 11) is 3.92. The Balaban J connectivity index is 1.74. The van der Waals surface area contributed by atoms with Crippen molar-refractivity contribution in [2.45, 2.75) is 6.54 Å². The molecule has 174 valence electrons. The van der Waals surface area contributed by atoms with Crippen molar-refractivity contribution in [2.24, 2.45) is 0 Å². The van der Waals surface area contributed by atoms with Gasteiger partial charge in [0.1, 0.15) is 11.4 Å². The molecule has 0 atom stereocenters. The van der Waals surface area contributed by atoms with E-state index >= 15 is 0 Å². The Morgan fingerprint density at radius 1 is 1.03 bits per heavy atom. The highest BCUT2D eigenvalue weighted by Crippen LogP contribution is 2.25. The van der Waals surface area contributed by atoms with Gasteiger partial charge in [0.15, 0.2) is 5.76 Å². The normalized spacial score (nSPS) is 11.0. The molecule has 0 bridgehead atoms. The molecule has 0 aliphatic heterocycles. The molecule has 1 amide bonds. The summed E-state index contributed by atoms with van der Waals surface area (Å²) in [6.45, 7) is 1.65. The van der Waals surface area contributed by atoms with Crippen LogP contribution in [0.5, 0.6) is 0 Å². The zero-order chi connectivity index (χ0) is 24.1. The van der Waals surface area contributed by atoms with E-state index in [-0.39, 0.29) is 11.6 Å². The summed E-state index contributed by atoms with van der Waals surface area (Å²) in [6.07, 6.45) is 1.54. The Hall–Kier alpha value is -4.24. The van der Waals surface area contributed by atoms with Crippen LogP contribution in [0.2, 0.25) is 0 Å². The fourth-order valence-corrected chi connectivity index (χ4v) is 3.53. The van der Waals surface area contributed by atoms with E-state index in [2.05, 4.69) is 5.10 Å². The minimum absolute atomic E-state index is 0.0354. The number of nitro groups is 1. The Morgan fingerprint density at radius 3 is 2.38 bits per heavy atom. The highest BCUT2D eigenvalue weighted by atomic mass is 16.6. The van der Waals surface area contributed by atoms with Crippen LogP contribution >= 0.6 is 0 Å². The first-order chi connectivity index (χ1) is 16.4. The van der Waals surface area contributed by atoms with Gasteiger partial charge in [-0.3, -0.25) is 14.9 Å². The monoisotopic (exact) mass is 459 g/mol. The van der Waals surface area contributed by atoms with Gasteiger partial charge >= 0.3 is 0 Å². The number of hydrogen-bond donors (Lipinski definition) is 0. The summed E-state index contributed by atoms with van der Waals surface area (Å²) >= 11 is 0. The van der Waals surface area contributed by atoms with Crippen LogP contribution in [0, 0.1) is 10.1 Å². The van der Waals surface area contributed by atoms with Crippen molar-refractivity contribution in [3.05, 3.63) is 100 Å². The number of benzene rings is 2. The summed E-state index contributed by atoms with van der Waals surface area (Å²) < 4.78 is 7.00. The molecule has 9 heteroatoms. The first kappa shape index (κ1) is 22.9. The van der Waals surface area contributed by atoms with Crippen molar-refractivity contribution in [3.63, 3.8) is 0 Å². The fourth-order valence-electron chi connectivity index (χ4n) is 3.53. The van der Waals surface area contributed by atoms with Gasteiger partial charge in [-0.05, 0) is 43.9 Å². The van der Waals surface area contributed by atoms with Crippen molar-refractivity contribution in [3.8, 4) is 17.1 Å². The molecule has 0 fully saturated rings. The van der Waals surface area contributed by atoms with Crippen LogP contribution in [-0.2, 0) is 6.54 Å². The molecule has 2 aromatic carbocycles. The second kappa shape index (κ2) is 10.1. The molecule has 4 rings (SSSR count). The molecule has 2 heterocycles. The zero-order valence-electron chi connectivity index (χ0n) is 19.0. The molecule has 4 aromatic rings. The number of carbonyl (C=O) groups is 1. The topological polar surface area (TPSA) is 97.7 Å². The number of rotatable bonds is 9. The van der Waals surface area contributed by atoms with Crippen molar-refractivity contribution >= 4 is 11.6 Å². The quantitative estimate of drug-likeness (QED) is 0.274. The predicted molar refractivity (Wildman–Crippen MR) is 128 cm³/mol. The van der Waals surface area contributed by atoms with E-state index in [9.17, 15) is 14.9 Å². The van der Waals surface area contributed by atoms with E-state index in [0.29, 0.717) is 42.5 Å². The highest BCUT2D eigenvalue weighted by Gasteiger charge is 2.24. The van der Waals surface area contributed by atoms with Crippen molar-refractivity contribution in [2.75, 3.05) is 27.2 Å². The minimum Gasteiger partial charge on any atom is -0.463 e. The van der Waals surface area contributed by atoms with E-state index in [1.165, 1.54) is 16.8 Å². The SMILES string of the molecule is CN(C)CCN(Cc1ccccc1)C(=O)c1cc(-c2ccco2)nn1-c1ccc([N+](=O)[O-])cc1. The van der Waals surface area contributed by atoms with Gasteiger partial charge in [0.25, 0.3) is 11.6 Å². The summed E-state index contributed by atoms with van der Waals surface area (Å²) in [5.74, 6) is 0.326. The molecule has 0 radical (unpaired) electrons. The zero-order valence-corrected chi connectivity index (χ0v) is 19.0. The number of aromatic nitrogens is 2. The van der Waals surface area contributed by atoms with Crippen molar-refractivity contribution in [1.82, 2.24) is 19.6 Å². The predicted octanol–water partition coefficient (Wildman–Crippen LogP) is 4.24. The molecule has 0 saturated carbocycles. The molecule has 0 aliphatic carbocycles. The van der Waals surface area contributed by atoms with E-state index < -0.39 is 4.92 Å². The Bertz CT molecular complexity index is 1250. The van der Waals surface area contributed by atoms with Gasteiger partial charge in [-0.15, -0.1) is 0 Å². The smallest absolute Gasteiger partial charge is 0.272 e. The van der Waals surface area contributed by atoms with Gasteiger partial charge in [-0.25, -0.2) is 4.68 Å². The first-order valence-corrected chi connectivity index (χ1v) is 10.8. The molecule has 0 spiro atoms. The van der Waals surface area contributed by atoms with Crippen molar-refractivity contribution in [1.29, 1.82) is 0 Å². The van der Waals surface area contributed by atoms with Crippen LogP contribution in [0.3, 0.4) is 0 Å². The molecular weight excluding hydrogens is 434 g/mol. The standard InChI is InChI=1S/C25H25N5O4/c1-27(2)14-15-28(18-19-7-4-3-5-8-19)25(31)23-17-22(24-9-6-16-34-24)26-29(23)20-10-12-21(13-11-20)30(32)33/h3-13,16-17H,14-15,18H2,1-2H3. The second-order valence-corrected chi connectivity index (χ2v) is 8.09. The summed E-state index contributed by atoms with van der Waals surface area (Å²) in [4.78, 5) is 28.2. The van der Waals surface area contributed by atoms with Gasteiger partial charge in [-0.1, -0.05) is 30.3 Å². The second-order valence-electron chi connectivity index (χ2n) is 8.09. The Morgan fingerprint density at radius 2 is 1.76 bits per heavy atom. The lowest BCUT2D eigenvalue weighted by Gasteiger charge is -2.25. The van der Waals surface area contributed by atoms with Crippen LogP contribution in [0.4, 0.5) is 5.69 Å². The molecule has 0 unspecified atom stereocenters. The van der Waals surface area contributed by atoms with E-state index in [1.54, 1.807) is 41.5 Å². The molecule has 34 heavy (non-hydrogen) atoms. The molecular formula is C25H25N5O4. The Labute approximate surface area is 197 Å². The van der Waals surface area contributed by atoms with Gasteiger partial charge < -0.3 is 14.2 Å². The van der Waals surface area contributed by atoms with Crippen LogP contribution in [-0.4, -0.2) is 57.6 Å². The molecule has 0 N–H and O–H groups in total. The summed E-state index contributed by atoms with van der Waals surface area (Å²) in [5.41, 5.74) is 2.36. The average Bonchev–Trinajstić information content (AvgIpc) is 3.52. The number of carbonyl (C=O) groups excluding carboxylic acids is 1. The van der Waals surface area contributed by atoms with E-state index in [1.807, 2.05) is 49.3 Å². The van der Waals surface area contributed by atoms with Gasteiger partial charge in [0.2, 0.25) is 0 Å². The lowest BCUT2D eigenvalue weighted by Crippen LogP contribution is -2.37. The van der Waals surface area contributed by atoms with Gasteiger partial charge in [0.05, 0.1) is 16.9 Å². The highest BCUT2D eigenvalue weighted by molar-refractivity contribution is 5.94. The third-order valence-corrected chi connectivity index (χ3v) is 5.33. The average molecular weight is 460 g/mol. The lowest BCUT2D eigenvalue weighted by molar-refractivity contribution is -0.384. The number of nitrogens with zero attached hydrogens (tertiary/aromatic N) is 5. The first-order valence-electron chi connectivity index (χ1n) is 10.8. The number of nitro benzene ring substituents is 1. The molecule has 9 nitrogen and oxygen atoms in total. The largest absolute Gasteiger partial charge is 0.463 e. The fraction of sp³-hybridized carbons (Fsp3) is 0.200. The summed E-state index contributed by atoms with van der Waals surface area (Å²) in [6, 6.07) is 21.0. The maximum absolute atomic E-state index is 13.8. The number of non-ortho nitro benzene ring substituents is 1. The van der Waals surface area contributed by atoms with E-state index in [4.69, 9.17) is 4.42 Å². The maximum Gasteiger partial charge on any atom is 0.272 e. The lowest BCUT2D eigenvalue weighted by atomic mass is 10.2. The third-order valence-electron chi connectivity index (χ3n) is 5.33. The van der Waals surface area contributed by atoms with Gasteiger partial charge in [0, 0.05) is 37.8 Å². The minimum atomic E-state index is -0.462. The van der Waals surface area contributed by atoms with Crippen LogP contribution in [0.1, 0.15) is 16.1 Å². The maximum atomic E-state index is 13.8. The number of hydrogen-bond acceptors (Lipinski definition) is 6. The number of amides is 1. The molecule has 0 aliphatic rings. The third kappa shape index (κ3) is 5.21. The number of furan rings is 1.